The molecule has 0 aliphatic heterocycles. The maximum absolute atomic E-state index is 6.25. The van der Waals surface area contributed by atoms with Crippen LogP contribution >= 0.6 is 27.7 Å². The van der Waals surface area contributed by atoms with Crippen molar-refractivity contribution in [2.75, 3.05) is 5.75 Å². The lowest BCUT2D eigenvalue weighted by Crippen LogP contribution is -2.26. The van der Waals surface area contributed by atoms with Crippen molar-refractivity contribution in [1.82, 2.24) is 9.78 Å². The molecule has 20 heavy (non-hydrogen) atoms. The van der Waals surface area contributed by atoms with Gasteiger partial charge in [-0.05, 0) is 40.5 Å². The molecule has 3 nitrogen and oxygen atoms in total. The summed E-state index contributed by atoms with van der Waals surface area (Å²) in [6.45, 7) is 2.12. The first-order valence-corrected chi connectivity index (χ1v) is 8.52. The SMILES string of the molecule is CCc1cc(CC(N)CSc2ccccc2Br)n(C)n1. The van der Waals surface area contributed by atoms with Crippen LogP contribution in [0.4, 0.5) is 0 Å². The molecule has 108 valence electrons. The summed E-state index contributed by atoms with van der Waals surface area (Å²) in [5.41, 5.74) is 8.59. The van der Waals surface area contributed by atoms with Crippen molar-refractivity contribution in [2.24, 2.45) is 12.8 Å². The van der Waals surface area contributed by atoms with E-state index in [0.29, 0.717) is 0 Å². The van der Waals surface area contributed by atoms with Gasteiger partial charge in [0.05, 0.1) is 5.69 Å². The number of nitrogens with two attached hydrogens (primary N) is 1. The lowest BCUT2D eigenvalue weighted by molar-refractivity contribution is 0.650. The van der Waals surface area contributed by atoms with Crippen LogP contribution in [0.25, 0.3) is 0 Å². The van der Waals surface area contributed by atoms with E-state index >= 15 is 0 Å². The lowest BCUT2D eigenvalue weighted by atomic mass is 10.2. The maximum Gasteiger partial charge on any atom is 0.0624 e. The molecule has 1 aromatic heterocycles. The van der Waals surface area contributed by atoms with Crippen LogP contribution in [0.5, 0.6) is 0 Å². The highest BCUT2D eigenvalue weighted by Gasteiger charge is 2.10. The minimum absolute atomic E-state index is 0.132. The summed E-state index contributed by atoms with van der Waals surface area (Å²) in [7, 11) is 1.99. The standard InChI is InChI=1S/C15H20BrN3S/c1-3-12-9-13(19(2)18-12)8-11(17)10-20-15-7-5-4-6-14(15)16/h4-7,9,11H,3,8,10,17H2,1-2H3. The number of hydrogen-bond acceptors (Lipinski definition) is 3. The second-order valence-electron chi connectivity index (χ2n) is 4.81. The summed E-state index contributed by atoms with van der Waals surface area (Å²) < 4.78 is 3.08. The molecule has 0 aliphatic carbocycles. The van der Waals surface area contributed by atoms with Gasteiger partial charge >= 0.3 is 0 Å². The highest BCUT2D eigenvalue weighted by Crippen LogP contribution is 2.27. The van der Waals surface area contributed by atoms with Gasteiger partial charge in [-0.2, -0.15) is 5.10 Å². The molecule has 0 spiro atoms. The molecule has 1 aromatic carbocycles. The molecule has 5 heteroatoms. The van der Waals surface area contributed by atoms with Gasteiger partial charge in [0.2, 0.25) is 0 Å². The van der Waals surface area contributed by atoms with Crippen molar-refractivity contribution in [1.29, 1.82) is 0 Å². The topological polar surface area (TPSA) is 43.8 Å². The summed E-state index contributed by atoms with van der Waals surface area (Å²) in [5.74, 6) is 0.898. The van der Waals surface area contributed by atoms with Crippen LogP contribution in [-0.4, -0.2) is 21.6 Å². The third kappa shape index (κ3) is 4.11. The van der Waals surface area contributed by atoms with E-state index in [0.717, 1.165) is 28.8 Å². The molecule has 0 saturated heterocycles. The van der Waals surface area contributed by atoms with Gasteiger partial charge in [-0.25, -0.2) is 0 Å². The molecule has 2 N–H and O–H groups in total. The molecule has 2 rings (SSSR count). The van der Waals surface area contributed by atoms with Gasteiger partial charge in [0.15, 0.2) is 0 Å². The summed E-state index contributed by atoms with van der Waals surface area (Å²) in [4.78, 5) is 1.24. The molecule has 1 atom stereocenters. The van der Waals surface area contributed by atoms with Gasteiger partial charge in [0, 0.05) is 40.3 Å². The first-order chi connectivity index (χ1) is 9.60. The van der Waals surface area contributed by atoms with Gasteiger partial charge in [-0.15, -0.1) is 11.8 Å². The zero-order valence-corrected chi connectivity index (χ0v) is 14.2. The van der Waals surface area contributed by atoms with Crippen molar-refractivity contribution in [2.45, 2.75) is 30.7 Å². The zero-order chi connectivity index (χ0) is 14.5. The molecule has 0 fully saturated rings. The van der Waals surface area contributed by atoms with Crippen LogP contribution in [-0.2, 0) is 19.9 Å². The fourth-order valence-electron chi connectivity index (χ4n) is 2.02. The van der Waals surface area contributed by atoms with Crippen LogP contribution < -0.4 is 5.73 Å². The highest BCUT2D eigenvalue weighted by atomic mass is 79.9. The Hall–Kier alpha value is -0.780. The summed E-state index contributed by atoms with van der Waals surface area (Å²) in [6.07, 6.45) is 1.83. The monoisotopic (exact) mass is 353 g/mol. The van der Waals surface area contributed by atoms with Crippen LogP contribution in [0, 0.1) is 0 Å². The first kappa shape index (κ1) is 15.6. The second kappa shape index (κ2) is 7.29. The number of aromatic nitrogens is 2. The summed E-state index contributed by atoms with van der Waals surface area (Å²) in [5, 5.41) is 4.46. The summed E-state index contributed by atoms with van der Waals surface area (Å²) >= 11 is 5.35. The van der Waals surface area contributed by atoms with E-state index in [-0.39, 0.29) is 6.04 Å². The third-order valence-electron chi connectivity index (χ3n) is 3.15. The highest BCUT2D eigenvalue weighted by molar-refractivity contribution is 9.10. The molecule has 0 bridgehead atoms. The molecular formula is C15H20BrN3S. The Morgan fingerprint density at radius 2 is 2.15 bits per heavy atom. The smallest absolute Gasteiger partial charge is 0.0624 e. The fourth-order valence-corrected chi connectivity index (χ4v) is 3.54. The van der Waals surface area contributed by atoms with Crippen molar-refractivity contribution >= 4 is 27.7 Å². The average Bonchev–Trinajstić information content (AvgIpc) is 2.78. The Kier molecular flexibility index (Phi) is 5.69. The Morgan fingerprint density at radius 1 is 1.40 bits per heavy atom. The van der Waals surface area contributed by atoms with Crippen molar-refractivity contribution in [3.05, 3.63) is 46.2 Å². The number of benzene rings is 1. The Balaban J connectivity index is 1.91. The Morgan fingerprint density at radius 3 is 2.80 bits per heavy atom. The van der Waals surface area contributed by atoms with E-state index in [4.69, 9.17) is 5.73 Å². The van der Waals surface area contributed by atoms with Gasteiger partial charge in [0.1, 0.15) is 0 Å². The molecule has 0 radical (unpaired) electrons. The van der Waals surface area contributed by atoms with E-state index in [2.05, 4.69) is 46.2 Å². The predicted octanol–water partition coefficient (Wildman–Crippen LogP) is 3.41. The molecular weight excluding hydrogens is 334 g/mol. The molecule has 0 amide bonds. The molecule has 0 aliphatic rings. The van der Waals surface area contributed by atoms with Crippen LogP contribution in [0.15, 0.2) is 39.7 Å². The normalized spacial score (nSPS) is 12.6. The molecule has 0 saturated carbocycles. The van der Waals surface area contributed by atoms with E-state index in [1.807, 2.05) is 23.9 Å². The zero-order valence-electron chi connectivity index (χ0n) is 11.8. The second-order valence-corrected chi connectivity index (χ2v) is 6.73. The number of halogens is 1. The van der Waals surface area contributed by atoms with Crippen molar-refractivity contribution < 1.29 is 0 Å². The average molecular weight is 354 g/mol. The molecule has 2 aromatic rings. The van der Waals surface area contributed by atoms with Crippen molar-refractivity contribution in [3.8, 4) is 0 Å². The van der Waals surface area contributed by atoms with E-state index in [1.165, 1.54) is 10.6 Å². The van der Waals surface area contributed by atoms with Crippen LogP contribution in [0.3, 0.4) is 0 Å². The lowest BCUT2D eigenvalue weighted by Gasteiger charge is -2.12. The quantitative estimate of drug-likeness (QED) is 0.809. The third-order valence-corrected chi connectivity index (χ3v) is 5.37. The Bertz CT molecular complexity index is 568. The predicted molar refractivity (Wildman–Crippen MR) is 89.1 cm³/mol. The van der Waals surface area contributed by atoms with E-state index < -0.39 is 0 Å². The molecule has 1 heterocycles. The minimum Gasteiger partial charge on any atom is -0.327 e. The fraction of sp³-hybridized carbons (Fsp3) is 0.400. The van der Waals surface area contributed by atoms with E-state index in [9.17, 15) is 0 Å². The largest absolute Gasteiger partial charge is 0.327 e. The summed E-state index contributed by atoms with van der Waals surface area (Å²) in [6, 6.07) is 10.5. The first-order valence-electron chi connectivity index (χ1n) is 6.74. The minimum atomic E-state index is 0.132. The number of rotatable bonds is 6. The number of thioether (sulfide) groups is 1. The van der Waals surface area contributed by atoms with Gasteiger partial charge in [0.25, 0.3) is 0 Å². The van der Waals surface area contributed by atoms with Gasteiger partial charge in [-0.3, -0.25) is 4.68 Å². The molecule has 1 unspecified atom stereocenters. The van der Waals surface area contributed by atoms with Gasteiger partial charge < -0.3 is 5.73 Å². The van der Waals surface area contributed by atoms with Crippen LogP contribution in [0.2, 0.25) is 0 Å². The number of hydrogen-bond donors (Lipinski definition) is 1. The van der Waals surface area contributed by atoms with Gasteiger partial charge in [-0.1, -0.05) is 19.1 Å². The number of aryl methyl sites for hydroxylation is 2. The van der Waals surface area contributed by atoms with Crippen LogP contribution in [0.1, 0.15) is 18.3 Å². The Labute approximate surface area is 133 Å². The van der Waals surface area contributed by atoms with E-state index in [1.54, 1.807) is 11.8 Å². The number of nitrogens with zero attached hydrogens (tertiary/aromatic N) is 2. The van der Waals surface area contributed by atoms with Crippen molar-refractivity contribution in [3.63, 3.8) is 0 Å². The maximum atomic E-state index is 6.25.